The number of halogens is 2. The van der Waals surface area contributed by atoms with Gasteiger partial charge in [0.15, 0.2) is 0 Å². The maximum Gasteiger partial charge on any atom is 0.274 e. The van der Waals surface area contributed by atoms with Gasteiger partial charge in [-0.15, -0.1) is 0 Å². The monoisotopic (exact) mass is 357 g/mol. The van der Waals surface area contributed by atoms with Gasteiger partial charge in [0.1, 0.15) is 5.69 Å². The molecule has 3 aromatic rings. The van der Waals surface area contributed by atoms with Crippen LogP contribution < -0.4 is 10.6 Å². The third kappa shape index (κ3) is 3.85. The van der Waals surface area contributed by atoms with Crippen LogP contribution in [0.2, 0.25) is 10.0 Å². The highest BCUT2D eigenvalue weighted by atomic mass is 35.5. The summed E-state index contributed by atoms with van der Waals surface area (Å²) in [5.41, 5.74) is 2.30. The number of benzene rings is 2. The van der Waals surface area contributed by atoms with Crippen molar-refractivity contribution in [1.82, 2.24) is 4.98 Å². The van der Waals surface area contributed by atoms with E-state index in [0.717, 1.165) is 11.4 Å². The summed E-state index contributed by atoms with van der Waals surface area (Å²) >= 11 is 12.1. The fourth-order valence-electron chi connectivity index (χ4n) is 2.12. The Hall–Kier alpha value is -2.56. The molecule has 0 unspecified atom stereocenters. The first-order chi connectivity index (χ1) is 11.6. The summed E-state index contributed by atoms with van der Waals surface area (Å²) in [5.74, 6) is -0.387. The number of anilines is 3. The Bertz CT molecular complexity index is 849. The van der Waals surface area contributed by atoms with E-state index in [1.54, 1.807) is 36.5 Å². The number of para-hydroxylation sites is 2. The number of carbonyl (C=O) groups is 1. The quantitative estimate of drug-likeness (QED) is 0.658. The van der Waals surface area contributed by atoms with E-state index in [2.05, 4.69) is 15.6 Å². The van der Waals surface area contributed by atoms with Gasteiger partial charge in [0.05, 0.1) is 15.7 Å². The van der Waals surface area contributed by atoms with Crippen LogP contribution in [0.3, 0.4) is 0 Å². The Morgan fingerprint density at radius 1 is 0.875 bits per heavy atom. The van der Waals surface area contributed by atoms with Crippen molar-refractivity contribution in [1.29, 1.82) is 0 Å². The molecule has 0 aliphatic heterocycles. The number of amides is 1. The SMILES string of the molecule is O=C(Nc1c(Cl)cccc1Cl)c1cc(Nc2ccccc2)ccn1. The van der Waals surface area contributed by atoms with Crippen LogP contribution in [-0.4, -0.2) is 10.9 Å². The number of carbonyl (C=O) groups excluding carboxylic acids is 1. The van der Waals surface area contributed by atoms with E-state index >= 15 is 0 Å². The van der Waals surface area contributed by atoms with Crippen molar-refractivity contribution in [2.24, 2.45) is 0 Å². The number of hydrogen-bond acceptors (Lipinski definition) is 3. The largest absolute Gasteiger partial charge is 0.355 e. The van der Waals surface area contributed by atoms with Crippen LogP contribution in [0.15, 0.2) is 66.9 Å². The van der Waals surface area contributed by atoms with Crippen LogP contribution >= 0.6 is 23.2 Å². The minimum Gasteiger partial charge on any atom is -0.355 e. The summed E-state index contributed by atoms with van der Waals surface area (Å²) in [6.07, 6.45) is 1.56. The second kappa shape index (κ2) is 7.34. The molecule has 0 radical (unpaired) electrons. The van der Waals surface area contributed by atoms with Gasteiger partial charge in [0.2, 0.25) is 0 Å². The Balaban J connectivity index is 1.80. The molecular weight excluding hydrogens is 345 g/mol. The average Bonchev–Trinajstić information content (AvgIpc) is 2.59. The fraction of sp³-hybridized carbons (Fsp3) is 0. The predicted molar refractivity (Wildman–Crippen MR) is 98.4 cm³/mol. The summed E-state index contributed by atoms with van der Waals surface area (Å²) in [4.78, 5) is 16.5. The molecule has 1 aromatic heterocycles. The summed E-state index contributed by atoms with van der Waals surface area (Å²) in [6, 6.07) is 18.1. The van der Waals surface area contributed by atoms with Gasteiger partial charge in [0, 0.05) is 17.6 Å². The van der Waals surface area contributed by atoms with E-state index in [4.69, 9.17) is 23.2 Å². The zero-order valence-corrected chi connectivity index (χ0v) is 14.0. The van der Waals surface area contributed by atoms with Gasteiger partial charge in [-0.2, -0.15) is 0 Å². The lowest BCUT2D eigenvalue weighted by molar-refractivity contribution is 0.102. The van der Waals surface area contributed by atoms with Crippen molar-refractivity contribution < 1.29 is 4.79 Å². The number of nitrogens with zero attached hydrogens (tertiary/aromatic N) is 1. The lowest BCUT2D eigenvalue weighted by atomic mass is 10.2. The molecule has 0 saturated heterocycles. The molecule has 3 rings (SSSR count). The highest BCUT2D eigenvalue weighted by molar-refractivity contribution is 6.40. The number of hydrogen-bond donors (Lipinski definition) is 2. The molecule has 24 heavy (non-hydrogen) atoms. The van der Waals surface area contributed by atoms with Crippen LogP contribution in [0.5, 0.6) is 0 Å². The summed E-state index contributed by atoms with van der Waals surface area (Å²) in [6.45, 7) is 0. The predicted octanol–water partition coefficient (Wildman–Crippen LogP) is 5.38. The van der Waals surface area contributed by atoms with Crippen LogP contribution in [0.4, 0.5) is 17.1 Å². The average molecular weight is 358 g/mol. The van der Waals surface area contributed by atoms with E-state index in [1.165, 1.54) is 0 Å². The number of rotatable bonds is 4. The molecule has 2 aromatic carbocycles. The molecule has 6 heteroatoms. The smallest absolute Gasteiger partial charge is 0.274 e. The molecular formula is C18H13Cl2N3O. The molecule has 2 N–H and O–H groups in total. The molecule has 0 aliphatic carbocycles. The molecule has 0 saturated carbocycles. The Labute approximate surface area is 149 Å². The van der Waals surface area contributed by atoms with E-state index in [-0.39, 0.29) is 11.6 Å². The number of aromatic nitrogens is 1. The van der Waals surface area contributed by atoms with Crippen LogP contribution in [-0.2, 0) is 0 Å². The van der Waals surface area contributed by atoms with E-state index in [0.29, 0.717) is 15.7 Å². The molecule has 0 aliphatic rings. The normalized spacial score (nSPS) is 10.2. The standard InChI is InChI=1S/C18H13Cl2N3O/c19-14-7-4-8-15(20)17(14)23-18(24)16-11-13(9-10-21-16)22-12-5-2-1-3-6-12/h1-11H,(H,21,22)(H,23,24). The summed E-state index contributed by atoms with van der Waals surface area (Å²) < 4.78 is 0. The van der Waals surface area contributed by atoms with Gasteiger partial charge in [-0.1, -0.05) is 47.5 Å². The zero-order chi connectivity index (χ0) is 16.9. The van der Waals surface area contributed by atoms with Gasteiger partial charge < -0.3 is 10.6 Å². The van der Waals surface area contributed by atoms with Crippen LogP contribution in [0, 0.1) is 0 Å². The van der Waals surface area contributed by atoms with Crippen molar-refractivity contribution in [3.63, 3.8) is 0 Å². The first-order valence-corrected chi connectivity index (χ1v) is 7.92. The van der Waals surface area contributed by atoms with E-state index in [1.807, 2.05) is 30.3 Å². The minimum atomic E-state index is -0.387. The Morgan fingerprint density at radius 2 is 1.58 bits per heavy atom. The molecule has 0 fully saturated rings. The third-order valence-corrected chi connectivity index (χ3v) is 3.89. The highest BCUT2D eigenvalue weighted by Crippen LogP contribution is 2.30. The lowest BCUT2D eigenvalue weighted by Gasteiger charge is -2.10. The molecule has 1 heterocycles. The fourth-order valence-corrected chi connectivity index (χ4v) is 2.61. The minimum absolute atomic E-state index is 0.256. The van der Waals surface area contributed by atoms with Crippen molar-refractivity contribution in [3.05, 3.63) is 82.6 Å². The molecule has 120 valence electrons. The van der Waals surface area contributed by atoms with Crippen molar-refractivity contribution in [2.75, 3.05) is 10.6 Å². The van der Waals surface area contributed by atoms with Crippen LogP contribution in [0.25, 0.3) is 0 Å². The third-order valence-electron chi connectivity index (χ3n) is 3.26. The van der Waals surface area contributed by atoms with Crippen molar-refractivity contribution >= 4 is 46.2 Å². The topological polar surface area (TPSA) is 54.0 Å². The summed E-state index contributed by atoms with van der Waals surface area (Å²) in [7, 11) is 0. The second-order valence-corrected chi connectivity index (χ2v) is 5.79. The molecule has 1 amide bonds. The lowest BCUT2D eigenvalue weighted by Crippen LogP contribution is -2.14. The van der Waals surface area contributed by atoms with E-state index < -0.39 is 0 Å². The second-order valence-electron chi connectivity index (χ2n) is 4.97. The highest BCUT2D eigenvalue weighted by Gasteiger charge is 2.13. The van der Waals surface area contributed by atoms with Crippen molar-refractivity contribution in [3.8, 4) is 0 Å². The first kappa shape index (κ1) is 16.3. The van der Waals surface area contributed by atoms with Gasteiger partial charge in [-0.3, -0.25) is 9.78 Å². The van der Waals surface area contributed by atoms with Crippen molar-refractivity contribution in [2.45, 2.75) is 0 Å². The maximum absolute atomic E-state index is 12.4. The molecule has 0 atom stereocenters. The zero-order valence-electron chi connectivity index (χ0n) is 12.5. The number of nitrogens with one attached hydrogen (secondary N) is 2. The van der Waals surface area contributed by atoms with Gasteiger partial charge in [-0.25, -0.2) is 0 Å². The molecule has 4 nitrogen and oxygen atoms in total. The van der Waals surface area contributed by atoms with Gasteiger partial charge in [0.25, 0.3) is 5.91 Å². The van der Waals surface area contributed by atoms with Gasteiger partial charge in [-0.05, 0) is 36.4 Å². The molecule has 0 bridgehead atoms. The van der Waals surface area contributed by atoms with Crippen LogP contribution in [0.1, 0.15) is 10.5 Å². The molecule has 0 spiro atoms. The Morgan fingerprint density at radius 3 is 2.29 bits per heavy atom. The summed E-state index contributed by atoms with van der Waals surface area (Å²) in [5, 5.41) is 6.65. The Kier molecular flexibility index (Phi) is 4.99. The van der Waals surface area contributed by atoms with E-state index in [9.17, 15) is 4.79 Å². The maximum atomic E-state index is 12.4. The van der Waals surface area contributed by atoms with Gasteiger partial charge >= 0.3 is 0 Å². The first-order valence-electron chi connectivity index (χ1n) is 7.17. The number of pyridine rings is 1.